The first-order valence-corrected chi connectivity index (χ1v) is 5.33. The summed E-state index contributed by atoms with van der Waals surface area (Å²) in [6.45, 7) is 2.53. The third-order valence-electron chi connectivity index (χ3n) is 5.18. The lowest BCUT2D eigenvalue weighted by Crippen LogP contribution is -2.40. The molecule has 3 aliphatic carbocycles. The van der Waals surface area contributed by atoms with Crippen molar-refractivity contribution in [3.05, 3.63) is 0 Å². The van der Waals surface area contributed by atoms with Crippen molar-refractivity contribution in [3.63, 3.8) is 0 Å². The smallest absolute Gasteiger partial charge is 0.0241 e. The number of fused-ring (bicyclic) bond motifs is 3. The molecule has 3 saturated carbocycles. The van der Waals surface area contributed by atoms with E-state index in [1.807, 2.05) is 0 Å². The number of hydrogen-bond donors (Lipinski definition) is 0. The van der Waals surface area contributed by atoms with Crippen LogP contribution in [0.4, 0.5) is 0 Å². The zero-order valence-electron chi connectivity index (χ0n) is 7.47. The van der Waals surface area contributed by atoms with Gasteiger partial charge >= 0.3 is 0 Å². The molecule has 0 aliphatic heterocycles. The highest BCUT2D eigenvalue weighted by molar-refractivity contribution is 5.07. The summed E-state index contributed by atoms with van der Waals surface area (Å²) >= 11 is 0. The Morgan fingerprint density at radius 2 is 2.00 bits per heavy atom. The molecule has 0 heterocycles. The molecule has 0 saturated heterocycles. The van der Waals surface area contributed by atoms with E-state index in [0.29, 0.717) is 0 Å². The molecular weight excluding hydrogens is 132 g/mol. The summed E-state index contributed by atoms with van der Waals surface area (Å²) in [4.78, 5) is 0. The quantitative estimate of drug-likeness (QED) is 0.497. The van der Waals surface area contributed by atoms with Gasteiger partial charge in [-0.15, -0.1) is 0 Å². The van der Waals surface area contributed by atoms with Gasteiger partial charge in [0.1, 0.15) is 0 Å². The van der Waals surface area contributed by atoms with Gasteiger partial charge in [0.15, 0.2) is 0 Å². The number of hydrogen-bond acceptors (Lipinski definition) is 0. The Morgan fingerprint density at radius 3 is 2.36 bits per heavy atom. The molecule has 2 bridgehead atoms. The molecular formula is C11H18. The molecule has 3 aliphatic rings. The fourth-order valence-electron chi connectivity index (χ4n) is 4.28. The standard InChI is InChI=1S/C11H18/c1-8-9-3-4-10(7-9)11(8)5-2-6-11/h8-10H,2-7H2,1H3. The highest BCUT2D eigenvalue weighted by Crippen LogP contribution is 2.67. The van der Waals surface area contributed by atoms with E-state index in [1.54, 1.807) is 32.1 Å². The van der Waals surface area contributed by atoms with Gasteiger partial charge in [0.25, 0.3) is 0 Å². The average Bonchev–Trinajstić information content (AvgIpc) is 2.41. The predicted molar refractivity (Wildman–Crippen MR) is 46.3 cm³/mol. The van der Waals surface area contributed by atoms with Gasteiger partial charge in [-0.1, -0.05) is 13.3 Å². The fraction of sp³-hybridized carbons (Fsp3) is 1.00. The topological polar surface area (TPSA) is 0 Å². The van der Waals surface area contributed by atoms with E-state index in [9.17, 15) is 0 Å². The second kappa shape index (κ2) is 1.84. The van der Waals surface area contributed by atoms with E-state index < -0.39 is 0 Å². The van der Waals surface area contributed by atoms with E-state index in [-0.39, 0.29) is 0 Å². The summed E-state index contributed by atoms with van der Waals surface area (Å²) < 4.78 is 0. The molecule has 0 aromatic carbocycles. The van der Waals surface area contributed by atoms with Gasteiger partial charge in [0.05, 0.1) is 0 Å². The minimum absolute atomic E-state index is 0.892. The zero-order chi connectivity index (χ0) is 7.47. The van der Waals surface area contributed by atoms with Crippen molar-refractivity contribution in [1.29, 1.82) is 0 Å². The maximum Gasteiger partial charge on any atom is -0.0241 e. The lowest BCUT2D eigenvalue weighted by molar-refractivity contribution is 0.00235. The van der Waals surface area contributed by atoms with Gasteiger partial charge in [-0.2, -0.15) is 0 Å². The lowest BCUT2D eigenvalue weighted by atomic mass is 9.55. The Morgan fingerprint density at radius 1 is 1.18 bits per heavy atom. The Hall–Kier alpha value is 0. The Bertz CT molecular complexity index is 174. The van der Waals surface area contributed by atoms with Crippen LogP contribution in [0, 0.1) is 23.2 Å². The minimum Gasteiger partial charge on any atom is -0.0617 e. The van der Waals surface area contributed by atoms with Crippen molar-refractivity contribution in [2.75, 3.05) is 0 Å². The molecule has 0 aromatic rings. The summed E-state index contributed by atoms with van der Waals surface area (Å²) in [6, 6.07) is 0. The second-order valence-corrected chi connectivity index (χ2v) is 5.15. The van der Waals surface area contributed by atoms with E-state index in [4.69, 9.17) is 0 Å². The molecule has 3 fully saturated rings. The van der Waals surface area contributed by atoms with E-state index in [1.165, 1.54) is 6.42 Å². The Labute approximate surface area is 69.4 Å². The number of rotatable bonds is 0. The van der Waals surface area contributed by atoms with Gasteiger partial charge in [-0.3, -0.25) is 0 Å². The van der Waals surface area contributed by atoms with Crippen LogP contribution in [0.2, 0.25) is 0 Å². The summed E-state index contributed by atoms with van der Waals surface area (Å²) in [6.07, 6.45) is 9.43. The molecule has 0 nitrogen and oxygen atoms in total. The van der Waals surface area contributed by atoms with Gasteiger partial charge in [0.2, 0.25) is 0 Å². The van der Waals surface area contributed by atoms with Gasteiger partial charge < -0.3 is 0 Å². The van der Waals surface area contributed by atoms with Crippen LogP contribution in [0.5, 0.6) is 0 Å². The van der Waals surface area contributed by atoms with Crippen LogP contribution in [-0.2, 0) is 0 Å². The molecule has 3 unspecified atom stereocenters. The van der Waals surface area contributed by atoms with Crippen LogP contribution in [0.15, 0.2) is 0 Å². The molecule has 0 radical (unpaired) electrons. The normalized spacial score (nSPS) is 51.5. The first-order valence-electron chi connectivity index (χ1n) is 5.33. The van der Waals surface area contributed by atoms with Crippen LogP contribution < -0.4 is 0 Å². The SMILES string of the molecule is CC1C2CCC(C2)C12CCC2. The summed E-state index contributed by atoms with van der Waals surface area (Å²) in [5.41, 5.74) is 0.892. The monoisotopic (exact) mass is 150 g/mol. The molecule has 0 N–H and O–H groups in total. The first-order chi connectivity index (χ1) is 5.33. The van der Waals surface area contributed by atoms with Gasteiger partial charge in [-0.05, 0) is 55.3 Å². The summed E-state index contributed by atoms with van der Waals surface area (Å²) in [7, 11) is 0. The van der Waals surface area contributed by atoms with Crippen molar-refractivity contribution in [2.24, 2.45) is 23.2 Å². The summed E-state index contributed by atoms with van der Waals surface area (Å²) in [5, 5.41) is 0. The van der Waals surface area contributed by atoms with Crippen molar-refractivity contribution in [1.82, 2.24) is 0 Å². The van der Waals surface area contributed by atoms with Crippen LogP contribution >= 0.6 is 0 Å². The van der Waals surface area contributed by atoms with Crippen LogP contribution in [0.3, 0.4) is 0 Å². The maximum absolute atomic E-state index is 2.53. The molecule has 11 heavy (non-hydrogen) atoms. The molecule has 62 valence electrons. The van der Waals surface area contributed by atoms with E-state index >= 15 is 0 Å². The van der Waals surface area contributed by atoms with Crippen LogP contribution in [0.1, 0.15) is 45.4 Å². The Kier molecular flexibility index (Phi) is 1.09. The minimum atomic E-state index is 0.892. The van der Waals surface area contributed by atoms with Crippen molar-refractivity contribution in [2.45, 2.75) is 45.4 Å². The predicted octanol–water partition coefficient (Wildman–Crippen LogP) is 3.22. The fourth-order valence-corrected chi connectivity index (χ4v) is 4.28. The molecule has 0 aromatic heterocycles. The van der Waals surface area contributed by atoms with Gasteiger partial charge in [0, 0.05) is 0 Å². The van der Waals surface area contributed by atoms with Crippen LogP contribution in [0.25, 0.3) is 0 Å². The molecule has 0 amide bonds. The summed E-state index contributed by atoms with van der Waals surface area (Å²) in [5.74, 6) is 3.39. The molecule has 1 spiro atoms. The van der Waals surface area contributed by atoms with Gasteiger partial charge in [-0.25, -0.2) is 0 Å². The van der Waals surface area contributed by atoms with Crippen molar-refractivity contribution in [3.8, 4) is 0 Å². The average molecular weight is 150 g/mol. The first kappa shape index (κ1) is 6.51. The second-order valence-electron chi connectivity index (χ2n) is 5.15. The van der Waals surface area contributed by atoms with Crippen molar-refractivity contribution < 1.29 is 0 Å². The molecule has 3 atom stereocenters. The third kappa shape index (κ3) is 0.588. The Balaban J connectivity index is 1.94. The zero-order valence-corrected chi connectivity index (χ0v) is 7.47. The maximum atomic E-state index is 2.53. The highest BCUT2D eigenvalue weighted by atomic mass is 14.6. The molecule has 3 rings (SSSR count). The lowest BCUT2D eigenvalue weighted by Gasteiger charge is -2.50. The largest absolute Gasteiger partial charge is 0.0617 e. The van der Waals surface area contributed by atoms with Crippen LogP contribution in [-0.4, -0.2) is 0 Å². The molecule has 0 heteroatoms. The van der Waals surface area contributed by atoms with E-state index in [2.05, 4.69) is 6.92 Å². The highest BCUT2D eigenvalue weighted by Gasteiger charge is 2.58. The van der Waals surface area contributed by atoms with E-state index in [0.717, 1.165) is 23.2 Å². The van der Waals surface area contributed by atoms with Crippen molar-refractivity contribution >= 4 is 0 Å². The third-order valence-corrected chi connectivity index (χ3v) is 5.18.